The minimum Gasteiger partial charge on any atom is -0.308 e. The summed E-state index contributed by atoms with van der Waals surface area (Å²) in [5.41, 5.74) is 3.15. The molecule has 2 aliphatic rings. The van der Waals surface area contributed by atoms with E-state index in [0.29, 0.717) is 0 Å². The van der Waals surface area contributed by atoms with Crippen molar-refractivity contribution >= 4 is 0 Å². The number of hydrogen-bond acceptors (Lipinski definition) is 2. The Hall–Kier alpha value is -0.860. The number of likely N-dealkylation sites (tertiary alicyclic amines) is 1. The maximum atomic E-state index is 3.66. The summed E-state index contributed by atoms with van der Waals surface area (Å²) in [6.07, 6.45) is 5.31. The van der Waals surface area contributed by atoms with E-state index >= 15 is 0 Å². The predicted molar refractivity (Wildman–Crippen MR) is 75.5 cm³/mol. The molecule has 2 saturated heterocycles. The molecule has 1 unspecified atom stereocenters. The van der Waals surface area contributed by atoms with Crippen LogP contribution in [0.25, 0.3) is 0 Å². The van der Waals surface area contributed by atoms with Gasteiger partial charge in [-0.3, -0.25) is 4.90 Å². The molecule has 98 valence electrons. The quantitative estimate of drug-likeness (QED) is 0.879. The topological polar surface area (TPSA) is 15.3 Å². The minimum absolute atomic E-state index is 0.209. The van der Waals surface area contributed by atoms with Gasteiger partial charge in [0, 0.05) is 12.1 Å². The van der Waals surface area contributed by atoms with E-state index in [1.54, 1.807) is 0 Å². The normalized spacial score (nSPS) is 28.9. The first-order valence-electron chi connectivity index (χ1n) is 7.33. The van der Waals surface area contributed by atoms with Crippen molar-refractivity contribution in [3.63, 3.8) is 0 Å². The zero-order chi connectivity index (χ0) is 12.4. The summed E-state index contributed by atoms with van der Waals surface area (Å²) in [4.78, 5) is 2.57. The summed E-state index contributed by atoms with van der Waals surface area (Å²) in [7, 11) is 0. The van der Waals surface area contributed by atoms with Crippen molar-refractivity contribution in [2.75, 3.05) is 19.6 Å². The molecule has 0 aromatic heterocycles. The van der Waals surface area contributed by atoms with E-state index in [1.165, 1.54) is 49.9 Å². The van der Waals surface area contributed by atoms with Crippen LogP contribution in [0.3, 0.4) is 0 Å². The predicted octanol–water partition coefficient (Wildman–Crippen LogP) is 2.88. The lowest BCUT2D eigenvalue weighted by atomic mass is 9.89. The van der Waals surface area contributed by atoms with Crippen molar-refractivity contribution in [2.24, 2.45) is 0 Å². The minimum atomic E-state index is 0.209. The fourth-order valence-corrected chi connectivity index (χ4v) is 3.35. The van der Waals surface area contributed by atoms with Crippen LogP contribution < -0.4 is 5.32 Å². The van der Waals surface area contributed by atoms with E-state index in [0.717, 1.165) is 13.1 Å². The van der Waals surface area contributed by atoms with Gasteiger partial charge >= 0.3 is 0 Å². The van der Waals surface area contributed by atoms with Gasteiger partial charge in [-0.25, -0.2) is 0 Å². The van der Waals surface area contributed by atoms with Crippen LogP contribution in [0.5, 0.6) is 0 Å². The Balaban J connectivity index is 1.76. The molecular formula is C16H24N2. The van der Waals surface area contributed by atoms with Gasteiger partial charge in [0.1, 0.15) is 0 Å². The van der Waals surface area contributed by atoms with E-state index in [4.69, 9.17) is 0 Å². The van der Waals surface area contributed by atoms with Gasteiger partial charge in [0.25, 0.3) is 0 Å². The highest BCUT2D eigenvalue weighted by atomic mass is 15.1. The maximum absolute atomic E-state index is 3.66. The molecule has 1 aromatic carbocycles. The Morgan fingerprint density at radius 3 is 2.78 bits per heavy atom. The highest BCUT2D eigenvalue weighted by Crippen LogP contribution is 2.30. The molecule has 2 heterocycles. The fourth-order valence-electron chi connectivity index (χ4n) is 3.35. The summed E-state index contributed by atoms with van der Waals surface area (Å²) in [5, 5.41) is 3.66. The summed E-state index contributed by atoms with van der Waals surface area (Å²) >= 11 is 0. The fraction of sp³-hybridized carbons (Fsp3) is 0.625. The van der Waals surface area contributed by atoms with E-state index in [1.807, 2.05) is 0 Å². The number of rotatable bonds is 3. The molecule has 1 aromatic rings. The standard InChI is InChI=1S/C16H24N2/c1-16(8-5-9-17-16)15-7-4-6-14(12-15)13-18-10-2-3-11-18/h4,6-7,12,17H,2-3,5,8-11,13H2,1H3. The Labute approximate surface area is 110 Å². The van der Waals surface area contributed by atoms with Crippen molar-refractivity contribution in [1.82, 2.24) is 10.2 Å². The lowest BCUT2D eigenvalue weighted by molar-refractivity contribution is 0.330. The van der Waals surface area contributed by atoms with Gasteiger partial charge in [0.05, 0.1) is 0 Å². The molecule has 1 N–H and O–H groups in total. The van der Waals surface area contributed by atoms with Gasteiger partial charge in [-0.05, 0) is 63.4 Å². The molecule has 0 saturated carbocycles. The van der Waals surface area contributed by atoms with Gasteiger partial charge < -0.3 is 5.32 Å². The van der Waals surface area contributed by atoms with Gasteiger partial charge in [-0.15, -0.1) is 0 Å². The van der Waals surface area contributed by atoms with Gasteiger partial charge in [0.2, 0.25) is 0 Å². The molecule has 3 rings (SSSR count). The molecule has 0 spiro atoms. The van der Waals surface area contributed by atoms with Crippen molar-refractivity contribution in [3.8, 4) is 0 Å². The highest BCUT2D eigenvalue weighted by molar-refractivity contribution is 5.30. The summed E-state index contributed by atoms with van der Waals surface area (Å²) in [6.45, 7) is 7.19. The molecule has 0 amide bonds. The summed E-state index contributed by atoms with van der Waals surface area (Å²) < 4.78 is 0. The smallest absolute Gasteiger partial charge is 0.0406 e. The monoisotopic (exact) mass is 244 g/mol. The van der Waals surface area contributed by atoms with E-state index in [-0.39, 0.29) is 5.54 Å². The number of benzene rings is 1. The lowest BCUT2D eigenvalue weighted by Crippen LogP contribution is -2.33. The zero-order valence-electron chi connectivity index (χ0n) is 11.4. The third kappa shape index (κ3) is 2.45. The van der Waals surface area contributed by atoms with E-state index < -0.39 is 0 Å². The van der Waals surface area contributed by atoms with Crippen molar-refractivity contribution in [3.05, 3.63) is 35.4 Å². The molecule has 2 fully saturated rings. The molecule has 0 radical (unpaired) electrons. The zero-order valence-corrected chi connectivity index (χ0v) is 11.4. The van der Waals surface area contributed by atoms with Crippen molar-refractivity contribution < 1.29 is 0 Å². The summed E-state index contributed by atoms with van der Waals surface area (Å²) in [6, 6.07) is 9.20. The van der Waals surface area contributed by atoms with Gasteiger partial charge in [-0.1, -0.05) is 24.3 Å². The molecule has 0 aliphatic carbocycles. The third-order valence-electron chi connectivity index (χ3n) is 4.54. The average molecular weight is 244 g/mol. The first-order chi connectivity index (χ1) is 8.76. The second kappa shape index (κ2) is 5.02. The summed E-state index contributed by atoms with van der Waals surface area (Å²) in [5.74, 6) is 0. The molecule has 0 bridgehead atoms. The third-order valence-corrected chi connectivity index (χ3v) is 4.54. The second-order valence-electron chi connectivity index (χ2n) is 6.05. The van der Waals surface area contributed by atoms with E-state index in [9.17, 15) is 0 Å². The molecule has 18 heavy (non-hydrogen) atoms. The van der Waals surface area contributed by atoms with Crippen LogP contribution in [0, 0.1) is 0 Å². The highest BCUT2D eigenvalue weighted by Gasteiger charge is 2.29. The maximum Gasteiger partial charge on any atom is 0.0406 e. The average Bonchev–Trinajstić information content (AvgIpc) is 3.02. The van der Waals surface area contributed by atoms with Crippen molar-refractivity contribution in [1.29, 1.82) is 0 Å². The number of nitrogens with one attached hydrogen (secondary N) is 1. The van der Waals surface area contributed by atoms with Crippen LogP contribution in [0.2, 0.25) is 0 Å². The van der Waals surface area contributed by atoms with E-state index in [2.05, 4.69) is 41.4 Å². The first kappa shape index (κ1) is 12.2. The Morgan fingerprint density at radius 2 is 2.06 bits per heavy atom. The number of hydrogen-bond donors (Lipinski definition) is 1. The van der Waals surface area contributed by atoms with Crippen LogP contribution in [0.4, 0.5) is 0 Å². The second-order valence-corrected chi connectivity index (χ2v) is 6.05. The largest absolute Gasteiger partial charge is 0.308 e. The first-order valence-corrected chi connectivity index (χ1v) is 7.33. The Kier molecular flexibility index (Phi) is 3.40. The van der Waals surface area contributed by atoms with Crippen LogP contribution in [0.1, 0.15) is 43.7 Å². The molecule has 2 heteroatoms. The van der Waals surface area contributed by atoms with Crippen LogP contribution in [0.15, 0.2) is 24.3 Å². The Bertz CT molecular complexity index is 401. The number of nitrogens with zero attached hydrogens (tertiary/aromatic N) is 1. The van der Waals surface area contributed by atoms with Gasteiger partial charge in [0.15, 0.2) is 0 Å². The molecule has 2 nitrogen and oxygen atoms in total. The van der Waals surface area contributed by atoms with Gasteiger partial charge in [-0.2, -0.15) is 0 Å². The van der Waals surface area contributed by atoms with Crippen LogP contribution >= 0.6 is 0 Å². The lowest BCUT2D eigenvalue weighted by Gasteiger charge is -2.26. The molecular weight excluding hydrogens is 220 g/mol. The van der Waals surface area contributed by atoms with Crippen LogP contribution in [-0.4, -0.2) is 24.5 Å². The SMILES string of the molecule is CC1(c2cccc(CN3CCCC3)c2)CCCN1. The Morgan fingerprint density at radius 1 is 1.22 bits per heavy atom. The van der Waals surface area contributed by atoms with Crippen molar-refractivity contribution in [2.45, 2.75) is 44.7 Å². The molecule has 1 atom stereocenters. The molecule has 2 aliphatic heterocycles. The van der Waals surface area contributed by atoms with Crippen LogP contribution in [-0.2, 0) is 12.1 Å².